The molecule has 23 heavy (non-hydrogen) atoms. The second-order valence-corrected chi connectivity index (χ2v) is 4.48. The van der Waals surface area contributed by atoms with Gasteiger partial charge in [0.15, 0.2) is 5.84 Å². The Balaban J connectivity index is 1.87. The molecule has 8 N–H and O–H groups in total. The number of hydrogen-bond donors (Lipinski definition) is 6. The Morgan fingerprint density at radius 2 is 1.39 bits per heavy atom. The van der Waals surface area contributed by atoms with Gasteiger partial charge in [-0.2, -0.15) is 10.6 Å². The van der Waals surface area contributed by atoms with E-state index in [1.807, 2.05) is 12.1 Å². The van der Waals surface area contributed by atoms with Crippen LogP contribution in [0.25, 0.3) is 0 Å². The molecule has 0 saturated carbocycles. The van der Waals surface area contributed by atoms with Crippen LogP contribution in [0.3, 0.4) is 0 Å². The zero-order valence-corrected chi connectivity index (χ0v) is 12.1. The van der Waals surface area contributed by atoms with Gasteiger partial charge < -0.3 is 22.4 Å². The topological polar surface area (TPSA) is 154 Å². The van der Waals surface area contributed by atoms with Crippen LogP contribution in [-0.4, -0.2) is 11.7 Å². The van der Waals surface area contributed by atoms with Crippen molar-refractivity contribution >= 4 is 23.0 Å². The molecule has 0 unspecified atom stereocenters. The summed E-state index contributed by atoms with van der Waals surface area (Å²) in [6.07, 6.45) is 0. The van der Waals surface area contributed by atoms with Crippen molar-refractivity contribution in [3.63, 3.8) is 0 Å². The maximum Gasteiger partial charge on any atom is 0.196 e. The molecular formula is C14H16N8O. The number of nitrogens with zero attached hydrogens (tertiary/aromatic N) is 2. The van der Waals surface area contributed by atoms with Crippen LogP contribution in [0.2, 0.25) is 0 Å². The first-order valence-corrected chi connectivity index (χ1v) is 6.57. The van der Waals surface area contributed by atoms with Crippen molar-refractivity contribution in [2.45, 2.75) is 0 Å². The van der Waals surface area contributed by atoms with Crippen LogP contribution in [0.15, 0.2) is 58.8 Å². The quantitative estimate of drug-likeness (QED) is 0.155. The molecule has 9 heteroatoms. The first kappa shape index (κ1) is 15.9. The average molecular weight is 312 g/mol. The molecule has 0 radical (unpaired) electrons. The molecule has 0 aliphatic carbocycles. The van der Waals surface area contributed by atoms with E-state index in [-0.39, 0.29) is 11.7 Å². The van der Waals surface area contributed by atoms with Crippen LogP contribution in [0, 0.1) is 10.3 Å². The van der Waals surface area contributed by atoms with Crippen molar-refractivity contribution in [3.8, 4) is 0 Å². The zero-order valence-electron chi connectivity index (χ0n) is 12.1. The fourth-order valence-corrected chi connectivity index (χ4v) is 1.74. The smallest absolute Gasteiger partial charge is 0.196 e. The maximum absolute atomic E-state index is 10.3. The average Bonchev–Trinajstić information content (AvgIpc) is 2.61. The lowest BCUT2D eigenvalue weighted by Gasteiger charge is -2.11. The molecule has 0 bridgehead atoms. The van der Waals surface area contributed by atoms with E-state index >= 15 is 0 Å². The first-order chi connectivity index (χ1) is 11.1. The summed E-state index contributed by atoms with van der Waals surface area (Å²) in [6, 6.07) is 13.8. The Morgan fingerprint density at radius 1 is 0.913 bits per heavy atom. The number of nitrogens with two attached hydrogens (primary N) is 2. The number of hydrazine groups is 2. The minimum absolute atomic E-state index is 0.262. The van der Waals surface area contributed by atoms with Gasteiger partial charge in [-0.3, -0.25) is 5.41 Å². The van der Waals surface area contributed by atoms with E-state index in [0.717, 1.165) is 16.9 Å². The van der Waals surface area contributed by atoms with Gasteiger partial charge in [-0.25, -0.2) is 0 Å². The van der Waals surface area contributed by atoms with Crippen molar-refractivity contribution in [2.75, 3.05) is 10.9 Å². The Bertz CT molecular complexity index is 663. The monoisotopic (exact) mass is 312 g/mol. The summed E-state index contributed by atoms with van der Waals surface area (Å²) in [5.74, 6) is 5.07. The summed E-state index contributed by atoms with van der Waals surface area (Å²) in [5, 5.41) is 13.3. The second kappa shape index (κ2) is 7.52. The molecule has 0 atom stereocenters. The largest absolute Gasteiger partial charge is 0.382 e. The third-order valence-electron chi connectivity index (χ3n) is 2.98. The van der Waals surface area contributed by atoms with Crippen molar-refractivity contribution in [2.24, 2.45) is 21.9 Å². The summed E-state index contributed by atoms with van der Waals surface area (Å²) in [6.45, 7) is 0. The highest BCUT2D eigenvalue weighted by atomic mass is 16.3. The molecule has 9 nitrogen and oxygen atoms in total. The molecule has 2 aromatic carbocycles. The lowest BCUT2D eigenvalue weighted by atomic mass is 10.2. The SMILES string of the molecule is N=C(N=O)c1ccc(NNNc2ccc(C(N)=NN)cc2)cc1. The number of hydrogen-bond acceptors (Lipinski definition) is 7. The molecular weight excluding hydrogens is 296 g/mol. The van der Waals surface area contributed by atoms with Crippen LogP contribution in [0.4, 0.5) is 11.4 Å². The molecule has 118 valence electrons. The minimum atomic E-state index is -0.303. The zero-order chi connectivity index (χ0) is 16.7. The molecule has 0 aliphatic heterocycles. The lowest BCUT2D eigenvalue weighted by Crippen LogP contribution is -2.28. The van der Waals surface area contributed by atoms with Gasteiger partial charge in [-0.1, -0.05) is 0 Å². The number of benzene rings is 2. The first-order valence-electron chi connectivity index (χ1n) is 6.57. The van der Waals surface area contributed by atoms with Gasteiger partial charge in [0.2, 0.25) is 0 Å². The Hall–Kier alpha value is -3.46. The molecule has 0 spiro atoms. The maximum atomic E-state index is 10.3. The molecule has 0 fully saturated rings. The summed E-state index contributed by atoms with van der Waals surface area (Å²) < 4.78 is 0. The molecule has 0 aromatic heterocycles. The van der Waals surface area contributed by atoms with Gasteiger partial charge in [-0.15, -0.1) is 4.91 Å². The number of anilines is 2. The number of rotatable bonds is 6. The standard InChI is InChI=1S/C14H16N8O/c15-13(18-17)9-1-5-11(6-2-9)19-22-20-12-7-3-10(4-8-12)14(16)21-23/h1-8,16,19-20,22H,17H2,(H2,15,18). The van der Waals surface area contributed by atoms with E-state index in [1.54, 1.807) is 36.4 Å². The van der Waals surface area contributed by atoms with Crippen molar-refractivity contribution in [3.05, 3.63) is 64.6 Å². The summed E-state index contributed by atoms with van der Waals surface area (Å²) in [5.41, 5.74) is 17.0. The van der Waals surface area contributed by atoms with Crippen molar-refractivity contribution < 1.29 is 0 Å². The highest BCUT2D eigenvalue weighted by Crippen LogP contribution is 2.10. The van der Waals surface area contributed by atoms with E-state index in [4.69, 9.17) is 17.0 Å². The van der Waals surface area contributed by atoms with Crippen LogP contribution in [0.5, 0.6) is 0 Å². The highest BCUT2D eigenvalue weighted by Gasteiger charge is 2.01. The van der Waals surface area contributed by atoms with Crippen molar-refractivity contribution in [1.29, 1.82) is 5.41 Å². The van der Waals surface area contributed by atoms with Gasteiger partial charge in [0.05, 0.1) is 11.4 Å². The number of nitrogens with one attached hydrogen (secondary N) is 4. The predicted molar refractivity (Wildman–Crippen MR) is 90.8 cm³/mol. The Labute approximate surface area is 132 Å². The fraction of sp³-hybridized carbons (Fsp3) is 0. The van der Waals surface area contributed by atoms with Crippen molar-refractivity contribution in [1.82, 2.24) is 5.53 Å². The number of nitroso groups, excluding NO2 is 1. The van der Waals surface area contributed by atoms with Crippen LogP contribution in [-0.2, 0) is 0 Å². The van der Waals surface area contributed by atoms with E-state index in [9.17, 15) is 4.91 Å². The van der Waals surface area contributed by atoms with Gasteiger partial charge in [-0.05, 0) is 53.7 Å². The number of hydrazone groups is 1. The normalized spacial score (nSPS) is 10.9. The molecule has 2 rings (SSSR count). The van der Waals surface area contributed by atoms with Gasteiger partial charge >= 0.3 is 0 Å². The minimum Gasteiger partial charge on any atom is -0.382 e. The lowest BCUT2D eigenvalue weighted by molar-refractivity contribution is 0.954. The summed E-state index contributed by atoms with van der Waals surface area (Å²) in [7, 11) is 0. The van der Waals surface area contributed by atoms with E-state index in [2.05, 4.69) is 26.7 Å². The van der Waals surface area contributed by atoms with E-state index in [1.165, 1.54) is 0 Å². The fourth-order valence-electron chi connectivity index (χ4n) is 1.74. The molecule has 0 amide bonds. The third kappa shape index (κ3) is 4.25. The van der Waals surface area contributed by atoms with Crippen LogP contribution in [0.1, 0.15) is 11.1 Å². The third-order valence-corrected chi connectivity index (χ3v) is 2.98. The van der Waals surface area contributed by atoms with Crippen LogP contribution < -0.4 is 28.0 Å². The highest BCUT2D eigenvalue weighted by molar-refractivity contribution is 5.97. The Morgan fingerprint density at radius 3 is 1.83 bits per heavy atom. The van der Waals surface area contributed by atoms with Gasteiger partial charge in [0, 0.05) is 11.1 Å². The molecule has 0 aliphatic rings. The van der Waals surface area contributed by atoms with Crippen LogP contribution >= 0.6 is 0 Å². The van der Waals surface area contributed by atoms with E-state index in [0.29, 0.717) is 5.56 Å². The summed E-state index contributed by atoms with van der Waals surface area (Å²) >= 11 is 0. The number of amidine groups is 2. The Kier molecular flexibility index (Phi) is 5.21. The molecule has 2 aromatic rings. The molecule has 0 saturated heterocycles. The van der Waals surface area contributed by atoms with Gasteiger partial charge in [0.25, 0.3) is 0 Å². The predicted octanol–water partition coefficient (Wildman–Crippen LogP) is 1.30. The van der Waals surface area contributed by atoms with Gasteiger partial charge in [0.1, 0.15) is 5.84 Å². The molecule has 0 heterocycles. The summed E-state index contributed by atoms with van der Waals surface area (Å²) in [4.78, 5) is 10.3. The second-order valence-electron chi connectivity index (χ2n) is 4.48. The van der Waals surface area contributed by atoms with E-state index < -0.39 is 0 Å².